The first-order valence-corrected chi connectivity index (χ1v) is 28.2. The van der Waals surface area contributed by atoms with Crippen LogP contribution in [0.25, 0.3) is 0 Å². The summed E-state index contributed by atoms with van der Waals surface area (Å²) in [5.41, 5.74) is -0.551. The number of ether oxygens (including phenoxy) is 1. The molecule has 10 atom stereocenters. The molecule has 8 amide bonds. The summed E-state index contributed by atoms with van der Waals surface area (Å²) >= 11 is 0. The average molecular weight is 1100 g/mol. The highest BCUT2D eigenvalue weighted by molar-refractivity contribution is 5.99. The number of hydrogen-bond acceptors (Lipinski definition) is 11. The lowest BCUT2D eigenvalue weighted by Crippen LogP contribution is -2.62. The number of carbonyl (C=O) groups excluding carboxylic acids is 9. The van der Waals surface area contributed by atoms with Crippen molar-refractivity contribution in [2.45, 2.75) is 188 Å². The highest BCUT2D eigenvalue weighted by atomic mass is 16.6. The lowest BCUT2D eigenvalue weighted by atomic mass is 9.94. The van der Waals surface area contributed by atoms with Gasteiger partial charge in [-0.3, -0.25) is 38.4 Å². The van der Waals surface area contributed by atoms with Crippen molar-refractivity contribution in [3.63, 3.8) is 0 Å². The first-order chi connectivity index (χ1) is 36.9. The number of esters is 1. The predicted octanol–water partition coefficient (Wildman–Crippen LogP) is 4.37. The molecule has 10 unspecified atom stereocenters. The molecule has 2 saturated heterocycles. The number of cyclic esters (lactones) is 1. The average Bonchev–Trinajstić information content (AvgIpc) is 3.93. The molecule has 19 heteroatoms. The summed E-state index contributed by atoms with van der Waals surface area (Å²) in [5, 5.41) is 20.4. The van der Waals surface area contributed by atoms with Crippen molar-refractivity contribution in [3.05, 3.63) is 71.8 Å². The minimum Gasteiger partial charge on any atom is -0.450 e. The maximum atomic E-state index is 15.3. The Balaban J connectivity index is 1.97. The van der Waals surface area contributed by atoms with Crippen molar-refractivity contribution >= 4 is 53.2 Å². The summed E-state index contributed by atoms with van der Waals surface area (Å²) in [6.07, 6.45) is -0.170. The van der Waals surface area contributed by atoms with Crippen LogP contribution < -0.4 is 16.0 Å². The van der Waals surface area contributed by atoms with Crippen molar-refractivity contribution in [2.24, 2.45) is 29.6 Å². The van der Waals surface area contributed by atoms with Crippen LogP contribution in [0.1, 0.15) is 126 Å². The predicted molar refractivity (Wildman–Crippen MR) is 301 cm³/mol. The molecular formula is C60H92N8O11. The third-order valence-corrected chi connectivity index (χ3v) is 15.4. The van der Waals surface area contributed by atoms with Crippen LogP contribution >= 0.6 is 0 Å². The molecule has 0 spiro atoms. The fraction of sp³-hybridized carbons (Fsp3) is 0.650. The van der Waals surface area contributed by atoms with Gasteiger partial charge in [0, 0.05) is 53.5 Å². The summed E-state index contributed by atoms with van der Waals surface area (Å²) in [4.78, 5) is 140. The number of amides is 8. The van der Waals surface area contributed by atoms with Gasteiger partial charge in [-0.25, -0.2) is 4.79 Å². The molecule has 2 fully saturated rings. The molecule has 4 rings (SSSR count). The number of hydrogen-bond donors (Lipinski definition) is 4. The SMILES string of the molecule is CCC(C)C1OC(=O)C(C(C)(C)O)N(C)C(=O)C(CC(C)C)NC(=O)C(C(C)C)N(C)C(=O)C(CC(C)C)NC(=O)C2CCCN2C(=O)C(Cc2ccccc2)N(C)C(=O)C(Cc2ccccc2)NC(=O)C(C(C)C)N(C)C1=O. The minimum absolute atomic E-state index is 0.00652. The van der Waals surface area contributed by atoms with Crippen LogP contribution in [0.15, 0.2) is 60.7 Å². The van der Waals surface area contributed by atoms with Gasteiger partial charge < -0.3 is 50.3 Å². The number of nitrogens with zero attached hydrogens (tertiary/aromatic N) is 5. The molecular weight excluding hydrogens is 1010 g/mol. The minimum atomic E-state index is -1.97. The van der Waals surface area contributed by atoms with E-state index >= 15 is 9.59 Å². The molecule has 0 bridgehead atoms. The number of fused-ring (bicyclic) bond motifs is 1. The third-order valence-electron chi connectivity index (χ3n) is 15.4. The summed E-state index contributed by atoms with van der Waals surface area (Å²) in [6, 6.07) is 8.12. The highest BCUT2D eigenvalue weighted by Crippen LogP contribution is 2.27. The van der Waals surface area contributed by atoms with E-state index in [1.54, 1.807) is 65.8 Å². The zero-order valence-corrected chi connectivity index (χ0v) is 49.8. The summed E-state index contributed by atoms with van der Waals surface area (Å²) in [6.45, 7) is 20.7. The topological polar surface area (TPSA) is 235 Å². The lowest BCUT2D eigenvalue weighted by Gasteiger charge is -2.39. The van der Waals surface area contributed by atoms with E-state index < -0.39 is 131 Å². The van der Waals surface area contributed by atoms with Gasteiger partial charge in [0.1, 0.15) is 42.3 Å². The van der Waals surface area contributed by atoms with Gasteiger partial charge in [0.2, 0.25) is 41.4 Å². The van der Waals surface area contributed by atoms with Gasteiger partial charge in [-0.15, -0.1) is 0 Å². The first kappa shape index (κ1) is 65.2. The molecule has 0 aromatic heterocycles. The van der Waals surface area contributed by atoms with Gasteiger partial charge in [-0.1, -0.05) is 130 Å². The Kier molecular flexibility index (Phi) is 23.6. The third kappa shape index (κ3) is 16.8. The van der Waals surface area contributed by atoms with Crippen molar-refractivity contribution in [1.82, 2.24) is 40.4 Å². The Morgan fingerprint density at radius 2 is 1.00 bits per heavy atom. The molecule has 2 heterocycles. The summed E-state index contributed by atoms with van der Waals surface area (Å²) in [7, 11) is 5.67. The van der Waals surface area contributed by atoms with Crippen LogP contribution in [0.4, 0.5) is 0 Å². The van der Waals surface area contributed by atoms with Gasteiger partial charge in [-0.05, 0) is 80.8 Å². The molecule has 2 aliphatic heterocycles. The number of aliphatic hydroxyl groups is 1. The molecule has 0 aliphatic carbocycles. The lowest BCUT2D eigenvalue weighted by molar-refractivity contribution is -0.177. The number of likely N-dealkylation sites (N-methyl/N-ethyl adjacent to an activating group) is 4. The number of rotatable bonds is 13. The Morgan fingerprint density at radius 1 is 0.570 bits per heavy atom. The van der Waals surface area contributed by atoms with Gasteiger partial charge in [-0.2, -0.15) is 0 Å². The van der Waals surface area contributed by atoms with Crippen molar-refractivity contribution in [2.75, 3.05) is 34.7 Å². The Hall–Kier alpha value is -6.37. The molecule has 0 radical (unpaired) electrons. The Morgan fingerprint density at radius 3 is 1.46 bits per heavy atom. The zero-order chi connectivity index (χ0) is 59.4. The molecule has 4 N–H and O–H groups in total. The van der Waals surface area contributed by atoms with Crippen LogP contribution in [0.3, 0.4) is 0 Å². The second-order valence-electron chi connectivity index (χ2n) is 24.0. The number of nitrogens with one attached hydrogen (secondary N) is 3. The van der Waals surface area contributed by atoms with Gasteiger partial charge in [0.25, 0.3) is 5.91 Å². The van der Waals surface area contributed by atoms with E-state index in [0.29, 0.717) is 18.4 Å². The maximum absolute atomic E-state index is 15.3. The number of benzene rings is 2. The zero-order valence-electron chi connectivity index (χ0n) is 49.8. The quantitative estimate of drug-likeness (QED) is 0.206. The molecule has 2 aromatic carbocycles. The highest BCUT2D eigenvalue weighted by Gasteiger charge is 2.48. The maximum Gasteiger partial charge on any atom is 0.332 e. The van der Waals surface area contributed by atoms with Gasteiger partial charge in [0.05, 0.1) is 5.60 Å². The van der Waals surface area contributed by atoms with Crippen LogP contribution in [0.5, 0.6) is 0 Å². The van der Waals surface area contributed by atoms with Crippen molar-refractivity contribution in [1.29, 1.82) is 0 Å². The summed E-state index contributed by atoms with van der Waals surface area (Å²) < 4.78 is 6.09. The molecule has 79 heavy (non-hydrogen) atoms. The smallest absolute Gasteiger partial charge is 0.332 e. The molecule has 2 aromatic rings. The van der Waals surface area contributed by atoms with E-state index in [4.69, 9.17) is 4.74 Å². The molecule has 0 saturated carbocycles. The monoisotopic (exact) mass is 1100 g/mol. The standard InChI is InChI=1S/C60H92N8O11/c1-17-39(10)49-58(76)66(15)48(38(8)9)53(71)63-44(33-40-25-20-18-21-26-40)54(72)64(13)46(34-41-27-22-19-23-28-41)57(75)68-30-24-29-45(68)51(69)61-42(31-35(2)3)55(73)65(14)47(37(6)7)52(70)62-43(32-36(4)5)56(74)67(16)50(59(77)79-49)60(11,12)78/h18-23,25-28,35-39,42-50,78H,17,24,29-34H2,1-16H3,(H,61,69)(H,62,70)(H,63,71). The number of carbonyl (C=O) groups is 9. The van der Waals surface area contributed by atoms with Crippen LogP contribution in [-0.4, -0.2) is 178 Å². The second-order valence-corrected chi connectivity index (χ2v) is 24.0. The van der Waals surface area contributed by atoms with Gasteiger partial charge >= 0.3 is 5.97 Å². The molecule has 2 aliphatic rings. The Labute approximate surface area is 469 Å². The summed E-state index contributed by atoms with van der Waals surface area (Å²) in [5.74, 6) is -8.31. The second kappa shape index (κ2) is 28.7. The van der Waals surface area contributed by atoms with Gasteiger partial charge in [0.15, 0.2) is 12.1 Å². The largest absolute Gasteiger partial charge is 0.450 e. The van der Waals surface area contributed by atoms with Crippen molar-refractivity contribution in [3.8, 4) is 0 Å². The van der Waals surface area contributed by atoms with E-state index in [-0.39, 0.29) is 50.5 Å². The normalized spacial score (nSPS) is 26.2. The molecule has 19 nitrogen and oxygen atoms in total. The van der Waals surface area contributed by atoms with E-state index in [2.05, 4.69) is 16.0 Å². The Bertz CT molecular complexity index is 2430. The fourth-order valence-corrected chi connectivity index (χ4v) is 11.0. The van der Waals surface area contributed by atoms with E-state index in [1.165, 1.54) is 61.6 Å². The van der Waals surface area contributed by atoms with Crippen LogP contribution in [-0.2, 0) is 60.7 Å². The van der Waals surface area contributed by atoms with Crippen LogP contribution in [0, 0.1) is 29.6 Å². The van der Waals surface area contributed by atoms with E-state index in [9.17, 15) is 38.7 Å². The van der Waals surface area contributed by atoms with E-state index in [1.807, 2.05) is 64.1 Å². The van der Waals surface area contributed by atoms with Crippen molar-refractivity contribution < 1.29 is 53.0 Å². The van der Waals surface area contributed by atoms with Crippen LogP contribution in [0.2, 0.25) is 0 Å². The molecule has 438 valence electrons. The fourth-order valence-electron chi connectivity index (χ4n) is 11.0. The first-order valence-electron chi connectivity index (χ1n) is 28.2. The van der Waals surface area contributed by atoms with E-state index in [0.717, 1.165) is 10.5 Å².